The van der Waals surface area contributed by atoms with Crippen molar-refractivity contribution >= 4 is 34.8 Å². The molecular weight excluding hydrogens is 420 g/mol. The van der Waals surface area contributed by atoms with Gasteiger partial charge in [-0.3, -0.25) is 10.0 Å². The van der Waals surface area contributed by atoms with Gasteiger partial charge in [-0.1, -0.05) is 34.4 Å². The highest BCUT2D eigenvalue weighted by molar-refractivity contribution is 6.34. The second-order valence-electron chi connectivity index (χ2n) is 6.26. The first-order chi connectivity index (χ1) is 13.1. The summed E-state index contributed by atoms with van der Waals surface area (Å²) in [5.74, 6) is -0.730. The summed E-state index contributed by atoms with van der Waals surface area (Å²) < 4.78 is 42.0. The summed E-state index contributed by atoms with van der Waals surface area (Å²) in [6, 6.07) is 7.89. The van der Waals surface area contributed by atoms with Gasteiger partial charge in [0.25, 0.3) is 11.5 Å². The first-order valence-corrected chi connectivity index (χ1v) is 8.67. The van der Waals surface area contributed by atoms with Crippen molar-refractivity contribution in [3.8, 4) is 0 Å². The molecule has 0 radical (unpaired) electrons. The van der Waals surface area contributed by atoms with E-state index in [1.807, 2.05) is 0 Å². The van der Waals surface area contributed by atoms with E-state index in [0.717, 1.165) is 12.1 Å². The van der Waals surface area contributed by atoms with Gasteiger partial charge in [0.1, 0.15) is 0 Å². The monoisotopic (exact) mass is 432 g/mol. The molecule has 2 N–H and O–H groups in total. The molecule has 0 saturated carbocycles. The standard InChI is InChI=1S/C18H13Cl2F3N2O3/c1-9-4-10(2-3-14(9)16(26)24-27)15-8-17(28-25-15,18(21,22)23)11-5-12(19)7-13(20)6-11/h2-7,27H,8H2,1H3,(H,24,26). The van der Waals surface area contributed by atoms with Crippen molar-refractivity contribution in [2.45, 2.75) is 25.1 Å². The Morgan fingerprint density at radius 1 is 1.21 bits per heavy atom. The molecule has 1 aliphatic rings. The van der Waals surface area contributed by atoms with Gasteiger partial charge in [0.05, 0.1) is 5.71 Å². The predicted octanol–water partition coefficient (Wildman–Crippen LogP) is 5.00. The maximum Gasteiger partial charge on any atom is 0.435 e. The van der Waals surface area contributed by atoms with E-state index < -0.39 is 24.1 Å². The molecule has 1 amide bonds. The maximum absolute atomic E-state index is 14.0. The molecule has 10 heteroatoms. The van der Waals surface area contributed by atoms with Crippen LogP contribution in [0.25, 0.3) is 0 Å². The van der Waals surface area contributed by atoms with E-state index in [-0.39, 0.29) is 26.9 Å². The summed E-state index contributed by atoms with van der Waals surface area (Å²) in [6.07, 6.45) is -5.39. The Morgan fingerprint density at radius 2 is 1.86 bits per heavy atom. The van der Waals surface area contributed by atoms with Crippen LogP contribution in [0.4, 0.5) is 13.2 Å². The highest BCUT2D eigenvalue weighted by Crippen LogP contribution is 2.49. The molecule has 1 atom stereocenters. The number of carbonyl (C=O) groups excluding carboxylic acids is 1. The molecule has 28 heavy (non-hydrogen) atoms. The van der Waals surface area contributed by atoms with Crippen LogP contribution in [-0.2, 0) is 10.4 Å². The largest absolute Gasteiger partial charge is 0.435 e. The molecule has 1 unspecified atom stereocenters. The molecule has 0 saturated heterocycles. The first-order valence-electron chi connectivity index (χ1n) is 7.91. The molecule has 2 aromatic rings. The fourth-order valence-electron chi connectivity index (χ4n) is 3.00. The van der Waals surface area contributed by atoms with Crippen molar-refractivity contribution in [2.24, 2.45) is 5.16 Å². The maximum atomic E-state index is 14.0. The van der Waals surface area contributed by atoms with E-state index in [1.165, 1.54) is 29.7 Å². The zero-order chi connectivity index (χ0) is 20.7. The van der Waals surface area contributed by atoms with Gasteiger partial charge in [0, 0.05) is 27.6 Å². The van der Waals surface area contributed by atoms with Gasteiger partial charge in [-0.15, -0.1) is 0 Å². The lowest BCUT2D eigenvalue weighted by Gasteiger charge is -2.29. The third kappa shape index (κ3) is 3.55. The van der Waals surface area contributed by atoms with Gasteiger partial charge < -0.3 is 4.84 Å². The Hall–Kier alpha value is -2.29. The highest BCUT2D eigenvalue weighted by atomic mass is 35.5. The van der Waals surface area contributed by atoms with E-state index in [2.05, 4.69) is 5.16 Å². The average molecular weight is 433 g/mol. The number of hydroxylamine groups is 1. The van der Waals surface area contributed by atoms with Crippen molar-refractivity contribution in [3.05, 3.63) is 68.7 Å². The summed E-state index contributed by atoms with van der Waals surface area (Å²) in [5, 5.41) is 12.5. The number of alkyl halides is 3. The molecule has 3 rings (SSSR count). The normalized spacial score (nSPS) is 19.2. The average Bonchev–Trinajstić information content (AvgIpc) is 3.07. The zero-order valence-electron chi connectivity index (χ0n) is 14.3. The van der Waals surface area contributed by atoms with E-state index >= 15 is 0 Å². The summed E-state index contributed by atoms with van der Waals surface area (Å²) in [6.45, 7) is 1.58. The number of nitrogens with zero attached hydrogens (tertiary/aromatic N) is 1. The number of oxime groups is 1. The smallest absolute Gasteiger partial charge is 0.374 e. The predicted molar refractivity (Wildman–Crippen MR) is 96.9 cm³/mol. The van der Waals surface area contributed by atoms with E-state index in [0.29, 0.717) is 11.1 Å². The number of amides is 1. The van der Waals surface area contributed by atoms with Crippen LogP contribution in [0.1, 0.15) is 33.5 Å². The molecule has 0 spiro atoms. The summed E-state index contributed by atoms with van der Waals surface area (Å²) >= 11 is 11.7. The minimum atomic E-state index is -4.79. The lowest BCUT2D eigenvalue weighted by Crippen LogP contribution is -2.42. The second-order valence-corrected chi connectivity index (χ2v) is 7.13. The minimum absolute atomic E-state index is 0.0402. The molecule has 0 aromatic heterocycles. The van der Waals surface area contributed by atoms with E-state index in [9.17, 15) is 18.0 Å². The molecular formula is C18H13Cl2F3N2O3. The summed E-state index contributed by atoms with van der Waals surface area (Å²) in [5.41, 5.74) is -0.458. The van der Waals surface area contributed by atoms with Gasteiger partial charge in [-0.25, -0.2) is 5.48 Å². The van der Waals surface area contributed by atoms with Crippen LogP contribution in [0.2, 0.25) is 10.0 Å². The number of nitrogens with one attached hydrogen (secondary N) is 1. The Balaban J connectivity index is 2.00. The lowest BCUT2D eigenvalue weighted by molar-refractivity contribution is -0.275. The topological polar surface area (TPSA) is 70.9 Å². The van der Waals surface area contributed by atoms with Crippen LogP contribution in [0.3, 0.4) is 0 Å². The van der Waals surface area contributed by atoms with Gasteiger partial charge in [0.2, 0.25) is 0 Å². The van der Waals surface area contributed by atoms with Gasteiger partial charge in [0.15, 0.2) is 0 Å². The van der Waals surface area contributed by atoms with Crippen LogP contribution in [0, 0.1) is 6.92 Å². The number of benzene rings is 2. The molecule has 148 valence electrons. The summed E-state index contributed by atoms with van der Waals surface area (Å²) in [7, 11) is 0. The summed E-state index contributed by atoms with van der Waals surface area (Å²) in [4.78, 5) is 16.5. The van der Waals surface area contributed by atoms with Crippen molar-refractivity contribution in [2.75, 3.05) is 0 Å². The van der Waals surface area contributed by atoms with Crippen LogP contribution >= 0.6 is 23.2 Å². The number of hydrogen-bond acceptors (Lipinski definition) is 4. The van der Waals surface area contributed by atoms with Crippen LogP contribution in [0.15, 0.2) is 41.6 Å². The SMILES string of the molecule is Cc1cc(C2=NOC(c3cc(Cl)cc(Cl)c3)(C(F)(F)F)C2)ccc1C(=O)NO. The number of rotatable bonds is 3. The quantitative estimate of drug-likeness (QED) is 0.529. The highest BCUT2D eigenvalue weighted by Gasteiger charge is 2.62. The fraction of sp³-hybridized carbons (Fsp3) is 0.222. The molecule has 0 bridgehead atoms. The third-order valence-corrected chi connectivity index (χ3v) is 4.86. The van der Waals surface area contributed by atoms with Crippen LogP contribution < -0.4 is 5.48 Å². The van der Waals surface area contributed by atoms with Crippen molar-refractivity contribution in [1.82, 2.24) is 5.48 Å². The van der Waals surface area contributed by atoms with Crippen LogP contribution in [-0.4, -0.2) is 23.0 Å². The zero-order valence-corrected chi connectivity index (χ0v) is 15.8. The fourth-order valence-corrected chi connectivity index (χ4v) is 3.53. The number of hydrogen-bond donors (Lipinski definition) is 2. The lowest BCUT2D eigenvalue weighted by atomic mass is 9.86. The Morgan fingerprint density at radius 3 is 2.39 bits per heavy atom. The number of aryl methyl sites for hydroxylation is 1. The molecule has 1 heterocycles. The van der Waals surface area contributed by atoms with Gasteiger partial charge in [-0.2, -0.15) is 13.2 Å². The van der Waals surface area contributed by atoms with Crippen molar-refractivity contribution < 1.29 is 28.0 Å². The van der Waals surface area contributed by atoms with Crippen molar-refractivity contribution in [1.29, 1.82) is 0 Å². The number of carbonyl (C=O) groups is 1. The minimum Gasteiger partial charge on any atom is -0.374 e. The second kappa shape index (κ2) is 7.27. The third-order valence-electron chi connectivity index (χ3n) is 4.42. The molecule has 0 aliphatic carbocycles. The Labute approximate surface area is 167 Å². The first kappa shape index (κ1) is 20.4. The molecule has 2 aromatic carbocycles. The Bertz CT molecular complexity index is 959. The van der Waals surface area contributed by atoms with Crippen LogP contribution in [0.5, 0.6) is 0 Å². The van der Waals surface area contributed by atoms with Gasteiger partial charge in [-0.05, 0) is 48.4 Å². The van der Waals surface area contributed by atoms with Crippen molar-refractivity contribution in [3.63, 3.8) is 0 Å². The van der Waals surface area contributed by atoms with E-state index in [4.69, 9.17) is 33.2 Å². The van der Waals surface area contributed by atoms with E-state index in [1.54, 1.807) is 6.92 Å². The number of halogens is 5. The molecule has 0 fully saturated rings. The molecule has 1 aliphatic heterocycles. The van der Waals surface area contributed by atoms with Gasteiger partial charge >= 0.3 is 6.18 Å². The Kier molecular flexibility index (Phi) is 5.31. The molecule has 5 nitrogen and oxygen atoms in total.